The van der Waals surface area contributed by atoms with E-state index in [1.54, 1.807) is 0 Å². The maximum Gasteiger partial charge on any atom is 0.220 e. The van der Waals surface area contributed by atoms with Crippen molar-refractivity contribution >= 4 is 17.5 Å². The number of rotatable bonds is 3. The molecule has 2 aliphatic heterocycles. The standard InChI is InChI=1S/C14H17ClN2O2/c15-10-1-3-13-9(5-10)6-12(19-13)8-16-11-2-4-14(18)17-7-11/h1,3,5,11-12,16H,2,4,6-8H2,(H,17,18). The van der Waals surface area contributed by atoms with E-state index >= 15 is 0 Å². The van der Waals surface area contributed by atoms with Crippen LogP contribution in [-0.2, 0) is 11.2 Å². The van der Waals surface area contributed by atoms with Crippen molar-refractivity contribution in [2.45, 2.75) is 31.4 Å². The number of halogens is 1. The maximum absolute atomic E-state index is 11.1. The molecule has 0 spiro atoms. The van der Waals surface area contributed by atoms with E-state index in [9.17, 15) is 4.79 Å². The quantitative estimate of drug-likeness (QED) is 0.882. The fourth-order valence-electron chi connectivity index (χ4n) is 2.61. The van der Waals surface area contributed by atoms with Crippen molar-refractivity contribution in [3.63, 3.8) is 0 Å². The van der Waals surface area contributed by atoms with Gasteiger partial charge in [-0.25, -0.2) is 0 Å². The fraction of sp³-hybridized carbons (Fsp3) is 0.500. The lowest BCUT2D eigenvalue weighted by Crippen LogP contribution is -2.48. The highest BCUT2D eigenvalue weighted by molar-refractivity contribution is 6.30. The molecule has 0 radical (unpaired) electrons. The van der Waals surface area contributed by atoms with Gasteiger partial charge in [0.2, 0.25) is 5.91 Å². The molecule has 4 nitrogen and oxygen atoms in total. The van der Waals surface area contributed by atoms with Gasteiger partial charge in [0.1, 0.15) is 11.9 Å². The van der Waals surface area contributed by atoms with Gasteiger partial charge in [0.25, 0.3) is 0 Å². The van der Waals surface area contributed by atoms with Crippen molar-refractivity contribution in [1.29, 1.82) is 0 Å². The number of carbonyl (C=O) groups excluding carboxylic acids is 1. The summed E-state index contributed by atoms with van der Waals surface area (Å²) in [4.78, 5) is 11.1. The van der Waals surface area contributed by atoms with E-state index in [0.29, 0.717) is 19.0 Å². The van der Waals surface area contributed by atoms with Crippen molar-refractivity contribution in [2.24, 2.45) is 0 Å². The lowest BCUT2D eigenvalue weighted by molar-refractivity contribution is -0.122. The molecule has 5 heteroatoms. The van der Waals surface area contributed by atoms with Gasteiger partial charge in [0, 0.05) is 37.0 Å². The topological polar surface area (TPSA) is 50.4 Å². The predicted octanol–water partition coefficient (Wildman–Crippen LogP) is 1.51. The first-order valence-electron chi connectivity index (χ1n) is 6.66. The van der Waals surface area contributed by atoms with Crippen molar-refractivity contribution in [3.05, 3.63) is 28.8 Å². The average molecular weight is 281 g/mol. The van der Waals surface area contributed by atoms with Crippen LogP contribution < -0.4 is 15.4 Å². The third-order valence-corrected chi connectivity index (χ3v) is 3.90. The number of ether oxygens (including phenoxy) is 1. The number of nitrogens with one attached hydrogen (secondary N) is 2. The van der Waals surface area contributed by atoms with Crippen molar-refractivity contribution in [3.8, 4) is 5.75 Å². The number of hydrogen-bond donors (Lipinski definition) is 2. The fourth-order valence-corrected chi connectivity index (χ4v) is 2.80. The molecule has 1 amide bonds. The van der Waals surface area contributed by atoms with Crippen LogP contribution in [0.1, 0.15) is 18.4 Å². The molecule has 0 aromatic heterocycles. The Morgan fingerprint density at radius 1 is 1.47 bits per heavy atom. The first-order chi connectivity index (χ1) is 9.20. The second kappa shape index (κ2) is 5.39. The molecule has 2 aliphatic rings. The van der Waals surface area contributed by atoms with Crippen LogP contribution in [0.15, 0.2) is 18.2 Å². The Hall–Kier alpha value is -1.26. The zero-order valence-corrected chi connectivity index (χ0v) is 11.4. The van der Waals surface area contributed by atoms with Gasteiger partial charge in [-0.3, -0.25) is 4.79 Å². The van der Waals surface area contributed by atoms with Gasteiger partial charge in [-0.15, -0.1) is 0 Å². The van der Waals surface area contributed by atoms with Crippen LogP contribution in [0.2, 0.25) is 5.02 Å². The zero-order valence-electron chi connectivity index (χ0n) is 10.6. The minimum Gasteiger partial charge on any atom is -0.488 e. The summed E-state index contributed by atoms with van der Waals surface area (Å²) >= 11 is 5.97. The van der Waals surface area contributed by atoms with Crippen LogP contribution in [-0.4, -0.2) is 31.1 Å². The van der Waals surface area contributed by atoms with Gasteiger partial charge in [0.05, 0.1) is 0 Å². The molecule has 2 unspecified atom stereocenters. The number of piperidine rings is 1. The lowest BCUT2D eigenvalue weighted by atomic mass is 10.1. The van der Waals surface area contributed by atoms with E-state index in [1.165, 1.54) is 5.56 Å². The first kappa shape index (κ1) is 12.8. The highest BCUT2D eigenvalue weighted by Gasteiger charge is 2.24. The Labute approximate surface area is 117 Å². The Kier molecular flexibility index (Phi) is 3.62. The summed E-state index contributed by atoms with van der Waals surface area (Å²) in [6.45, 7) is 1.51. The largest absolute Gasteiger partial charge is 0.488 e. The van der Waals surface area contributed by atoms with Gasteiger partial charge in [-0.05, 0) is 30.2 Å². The van der Waals surface area contributed by atoms with Gasteiger partial charge < -0.3 is 15.4 Å². The van der Waals surface area contributed by atoms with Crippen LogP contribution in [0.3, 0.4) is 0 Å². The van der Waals surface area contributed by atoms with Crippen molar-refractivity contribution in [1.82, 2.24) is 10.6 Å². The molecule has 2 atom stereocenters. The minimum atomic E-state index is 0.150. The molecule has 102 valence electrons. The molecule has 0 bridgehead atoms. The Balaban J connectivity index is 1.49. The second-order valence-electron chi connectivity index (χ2n) is 5.14. The van der Waals surface area contributed by atoms with Crippen molar-refractivity contribution < 1.29 is 9.53 Å². The van der Waals surface area contributed by atoms with E-state index in [-0.39, 0.29) is 12.0 Å². The molecule has 0 aliphatic carbocycles. The number of carbonyl (C=O) groups is 1. The number of benzene rings is 1. The van der Waals surface area contributed by atoms with E-state index in [4.69, 9.17) is 16.3 Å². The minimum absolute atomic E-state index is 0.150. The number of amides is 1. The summed E-state index contributed by atoms with van der Waals surface area (Å²) in [7, 11) is 0. The summed E-state index contributed by atoms with van der Waals surface area (Å²) < 4.78 is 5.87. The molecular formula is C14H17ClN2O2. The van der Waals surface area contributed by atoms with Gasteiger partial charge in [-0.1, -0.05) is 11.6 Å². The molecular weight excluding hydrogens is 264 g/mol. The van der Waals surface area contributed by atoms with Gasteiger partial charge in [0.15, 0.2) is 0 Å². The number of hydrogen-bond acceptors (Lipinski definition) is 3. The van der Waals surface area contributed by atoms with E-state index in [1.807, 2.05) is 18.2 Å². The molecule has 2 N–H and O–H groups in total. The molecule has 0 saturated carbocycles. The normalized spacial score (nSPS) is 25.6. The summed E-state index contributed by atoms with van der Waals surface area (Å²) in [5.41, 5.74) is 1.18. The maximum atomic E-state index is 11.1. The van der Waals surface area contributed by atoms with Crippen LogP contribution in [0.25, 0.3) is 0 Å². The van der Waals surface area contributed by atoms with Crippen LogP contribution in [0.5, 0.6) is 5.75 Å². The van der Waals surface area contributed by atoms with E-state index in [2.05, 4.69) is 10.6 Å². The Morgan fingerprint density at radius 3 is 3.16 bits per heavy atom. The average Bonchev–Trinajstić information content (AvgIpc) is 2.80. The molecule has 1 fully saturated rings. The molecule has 19 heavy (non-hydrogen) atoms. The summed E-state index contributed by atoms with van der Waals surface area (Å²) in [5.74, 6) is 1.09. The summed E-state index contributed by atoms with van der Waals surface area (Å²) in [5, 5.41) is 7.09. The zero-order chi connectivity index (χ0) is 13.2. The summed E-state index contributed by atoms with van der Waals surface area (Å²) in [6.07, 6.45) is 2.56. The Bertz CT molecular complexity index is 482. The third kappa shape index (κ3) is 3.01. The number of fused-ring (bicyclic) bond motifs is 1. The van der Waals surface area contributed by atoms with Crippen LogP contribution in [0.4, 0.5) is 0 Å². The van der Waals surface area contributed by atoms with Crippen LogP contribution >= 0.6 is 11.6 Å². The first-order valence-corrected chi connectivity index (χ1v) is 7.03. The van der Waals surface area contributed by atoms with Gasteiger partial charge >= 0.3 is 0 Å². The SMILES string of the molecule is O=C1CCC(NCC2Cc3cc(Cl)ccc3O2)CN1. The molecule has 1 saturated heterocycles. The second-order valence-corrected chi connectivity index (χ2v) is 5.58. The van der Waals surface area contributed by atoms with Crippen molar-refractivity contribution in [2.75, 3.05) is 13.1 Å². The monoisotopic (exact) mass is 280 g/mol. The van der Waals surface area contributed by atoms with Gasteiger partial charge in [-0.2, -0.15) is 0 Å². The third-order valence-electron chi connectivity index (χ3n) is 3.66. The predicted molar refractivity (Wildman–Crippen MR) is 73.6 cm³/mol. The lowest BCUT2D eigenvalue weighted by Gasteiger charge is -2.24. The highest BCUT2D eigenvalue weighted by Crippen LogP contribution is 2.30. The Morgan fingerprint density at radius 2 is 2.37 bits per heavy atom. The highest BCUT2D eigenvalue weighted by atomic mass is 35.5. The molecule has 2 heterocycles. The van der Waals surface area contributed by atoms with E-state index in [0.717, 1.165) is 30.2 Å². The van der Waals surface area contributed by atoms with Crippen LogP contribution in [0, 0.1) is 0 Å². The molecule has 1 aromatic rings. The molecule has 1 aromatic carbocycles. The summed E-state index contributed by atoms with van der Waals surface area (Å²) in [6, 6.07) is 6.11. The smallest absolute Gasteiger partial charge is 0.220 e. The van der Waals surface area contributed by atoms with E-state index < -0.39 is 0 Å². The molecule has 3 rings (SSSR count).